The van der Waals surface area contributed by atoms with Crippen molar-refractivity contribution in [3.63, 3.8) is 0 Å². The number of carbonyl (C=O) groups excluding carboxylic acids is 1. The average molecular weight is 228 g/mol. The highest BCUT2D eigenvalue weighted by Crippen LogP contribution is 2.15. The number of hydrogen-bond acceptors (Lipinski definition) is 4. The molecule has 0 aromatic rings. The minimum atomic E-state index is -0.376. The third kappa shape index (κ3) is 3.17. The summed E-state index contributed by atoms with van der Waals surface area (Å²) >= 11 is 0. The molecule has 0 radical (unpaired) electrons. The number of aliphatic hydroxyl groups excluding tert-OH is 1. The maximum Gasteiger partial charge on any atom is 0.237 e. The van der Waals surface area contributed by atoms with Crippen LogP contribution in [0.15, 0.2) is 0 Å². The van der Waals surface area contributed by atoms with Crippen LogP contribution in [-0.2, 0) is 9.53 Å². The van der Waals surface area contributed by atoms with Gasteiger partial charge in [-0.3, -0.25) is 4.79 Å². The smallest absolute Gasteiger partial charge is 0.237 e. The fraction of sp³-hybridized carbons (Fsp3) is 0.909. The Morgan fingerprint density at radius 1 is 1.56 bits per heavy atom. The molecule has 0 aromatic carbocycles. The van der Waals surface area contributed by atoms with E-state index in [1.807, 2.05) is 0 Å². The monoisotopic (exact) mass is 228 g/mol. The topological polar surface area (TPSA) is 70.6 Å². The number of hydrogen-bond donors (Lipinski definition) is 3. The van der Waals surface area contributed by atoms with Gasteiger partial charge in [-0.05, 0) is 25.2 Å². The Bertz CT molecular complexity index is 241. The largest absolute Gasteiger partial charge is 0.392 e. The van der Waals surface area contributed by atoms with Gasteiger partial charge in [0, 0.05) is 26.3 Å². The maximum absolute atomic E-state index is 11.6. The van der Waals surface area contributed by atoms with Crippen LogP contribution in [0.25, 0.3) is 0 Å². The summed E-state index contributed by atoms with van der Waals surface area (Å²) in [7, 11) is 0. The molecule has 3 unspecified atom stereocenters. The van der Waals surface area contributed by atoms with Crippen molar-refractivity contribution in [2.45, 2.75) is 31.4 Å². The summed E-state index contributed by atoms with van der Waals surface area (Å²) in [5, 5.41) is 15.2. The van der Waals surface area contributed by atoms with Gasteiger partial charge in [-0.15, -0.1) is 0 Å². The molecule has 92 valence electrons. The molecule has 3 N–H and O–H groups in total. The molecule has 0 spiro atoms. The van der Waals surface area contributed by atoms with Gasteiger partial charge in [0.15, 0.2) is 0 Å². The number of rotatable bonds is 4. The molecule has 2 heterocycles. The number of ether oxygens (including phenoxy) is 1. The van der Waals surface area contributed by atoms with E-state index in [4.69, 9.17) is 4.74 Å². The van der Waals surface area contributed by atoms with Crippen LogP contribution in [0, 0.1) is 5.92 Å². The van der Waals surface area contributed by atoms with Crippen molar-refractivity contribution in [1.29, 1.82) is 0 Å². The third-order valence-corrected chi connectivity index (χ3v) is 3.30. The molecule has 2 fully saturated rings. The van der Waals surface area contributed by atoms with Gasteiger partial charge >= 0.3 is 0 Å². The lowest BCUT2D eigenvalue weighted by molar-refractivity contribution is -0.122. The van der Waals surface area contributed by atoms with E-state index in [0.717, 1.165) is 26.1 Å². The van der Waals surface area contributed by atoms with Crippen molar-refractivity contribution in [3.05, 3.63) is 0 Å². The lowest BCUT2D eigenvalue weighted by Crippen LogP contribution is -2.41. The van der Waals surface area contributed by atoms with Crippen LogP contribution >= 0.6 is 0 Å². The standard InChI is InChI=1S/C11H20N2O3/c14-9-5-10(13-6-9)11(15)12-3-1-8-2-4-16-7-8/h8-10,13-14H,1-7H2,(H,12,15). The van der Waals surface area contributed by atoms with Gasteiger partial charge in [0.05, 0.1) is 12.1 Å². The van der Waals surface area contributed by atoms with Gasteiger partial charge in [0.2, 0.25) is 5.91 Å². The molecule has 0 saturated carbocycles. The maximum atomic E-state index is 11.6. The molecule has 1 amide bonds. The summed E-state index contributed by atoms with van der Waals surface area (Å²) in [5.41, 5.74) is 0. The number of β-amino-alcohol motifs (C(OH)–C–C–N with tert-alkyl or cyclic N) is 1. The van der Waals surface area contributed by atoms with E-state index in [0.29, 0.717) is 25.4 Å². The van der Waals surface area contributed by atoms with E-state index < -0.39 is 0 Å². The SMILES string of the molecule is O=C(NCCC1CCOC1)C1CC(O)CN1. The molecule has 0 aliphatic carbocycles. The number of amides is 1. The van der Waals surface area contributed by atoms with Crippen LogP contribution in [-0.4, -0.2) is 49.5 Å². The first-order valence-electron chi connectivity index (χ1n) is 6.02. The second kappa shape index (κ2) is 5.61. The molecule has 2 aliphatic heterocycles. The minimum Gasteiger partial charge on any atom is -0.392 e. The molecule has 5 heteroatoms. The molecule has 2 rings (SSSR count). The van der Waals surface area contributed by atoms with Crippen LogP contribution in [0.1, 0.15) is 19.3 Å². The summed E-state index contributed by atoms with van der Waals surface area (Å²) in [6, 6.07) is -0.213. The van der Waals surface area contributed by atoms with Crippen LogP contribution < -0.4 is 10.6 Å². The van der Waals surface area contributed by atoms with Crippen molar-refractivity contribution in [3.8, 4) is 0 Å². The molecule has 2 aliphatic rings. The molecular formula is C11H20N2O3. The van der Waals surface area contributed by atoms with E-state index in [1.54, 1.807) is 0 Å². The fourth-order valence-electron chi connectivity index (χ4n) is 2.25. The van der Waals surface area contributed by atoms with Crippen LogP contribution in [0.4, 0.5) is 0 Å². The second-order valence-corrected chi connectivity index (χ2v) is 4.66. The molecule has 2 saturated heterocycles. The average Bonchev–Trinajstić information content (AvgIpc) is 2.89. The fourth-order valence-corrected chi connectivity index (χ4v) is 2.25. The Labute approximate surface area is 95.5 Å². The van der Waals surface area contributed by atoms with Crippen LogP contribution in [0.2, 0.25) is 0 Å². The highest BCUT2D eigenvalue weighted by atomic mass is 16.5. The van der Waals surface area contributed by atoms with E-state index in [2.05, 4.69) is 10.6 Å². The van der Waals surface area contributed by atoms with Gasteiger partial charge in [0.1, 0.15) is 0 Å². The third-order valence-electron chi connectivity index (χ3n) is 3.30. The highest BCUT2D eigenvalue weighted by Gasteiger charge is 2.27. The quantitative estimate of drug-likeness (QED) is 0.592. The van der Waals surface area contributed by atoms with Gasteiger partial charge in [-0.1, -0.05) is 0 Å². The van der Waals surface area contributed by atoms with Crippen molar-refractivity contribution >= 4 is 5.91 Å². The van der Waals surface area contributed by atoms with Crippen molar-refractivity contribution in [2.24, 2.45) is 5.92 Å². The Balaban J connectivity index is 1.60. The van der Waals surface area contributed by atoms with Crippen molar-refractivity contribution in [1.82, 2.24) is 10.6 Å². The van der Waals surface area contributed by atoms with Gasteiger partial charge in [-0.2, -0.15) is 0 Å². The van der Waals surface area contributed by atoms with Gasteiger partial charge < -0.3 is 20.5 Å². The lowest BCUT2D eigenvalue weighted by atomic mass is 10.1. The zero-order valence-electron chi connectivity index (χ0n) is 9.45. The highest BCUT2D eigenvalue weighted by molar-refractivity contribution is 5.82. The first kappa shape index (κ1) is 11.8. The zero-order valence-corrected chi connectivity index (χ0v) is 9.45. The zero-order chi connectivity index (χ0) is 11.4. The summed E-state index contributed by atoms with van der Waals surface area (Å²) < 4.78 is 5.27. The first-order valence-corrected chi connectivity index (χ1v) is 6.02. The Morgan fingerprint density at radius 2 is 2.44 bits per heavy atom. The Kier molecular flexibility index (Phi) is 4.15. The molecule has 0 aromatic heterocycles. The number of carbonyl (C=O) groups is 1. The summed E-state index contributed by atoms with van der Waals surface area (Å²) in [4.78, 5) is 11.6. The number of nitrogens with one attached hydrogen (secondary N) is 2. The lowest BCUT2D eigenvalue weighted by Gasteiger charge is -2.12. The summed E-state index contributed by atoms with van der Waals surface area (Å²) in [6.45, 7) is 2.92. The molecule has 0 bridgehead atoms. The van der Waals surface area contributed by atoms with E-state index >= 15 is 0 Å². The molecule has 3 atom stereocenters. The molecular weight excluding hydrogens is 208 g/mol. The predicted molar refractivity (Wildman–Crippen MR) is 59.0 cm³/mol. The summed E-state index contributed by atoms with van der Waals surface area (Å²) in [6.07, 6.45) is 2.24. The second-order valence-electron chi connectivity index (χ2n) is 4.66. The molecule has 5 nitrogen and oxygen atoms in total. The van der Waals surface area contributed by atoms with E-state index in [9.17, 15) is 9.90 Å². The van der Waals surface area contributed by atoms with Gasteiger partial charge in [-0.25, -0.2) is 0 Å². The van der Waals surface area contributed by atoms with E-state index in [1.165, 1.54) is 0 Å². The van der Waals surface area contributed by atoms with Crippen molar-refractivity contribution in [2.75, 3.05) is 26.3 Å². The predicted octanol–water partition coefficient (Wildman–Crippen LogP) is -0.748. The Morgan fingerprint density at radius 3 is 3.06 bits per heavy atom. The minimum absolute atomic E-state index is 0.00969. The number of aliphatic hydroxyl groups is 1. The van der Waals surface area contributed by atoms with E-state index in [-0.39, 0.29) is 18.1 Å². The first-order chi connectivity index (χ1) is 7.75. The van der Waals surface area contributed by atoms with Gasteiger partial charge in [0.25, 0.3) is 0 Å². The molecule has 16 heavy (non-hydrogen) atoms. The normalized spacial score (nSPS) is 34.2. The van der Waals surface area contributed by atoms with Crippen LogP contribution in [0.5, 0.6) is 0 Å². The van der Waals surface area contributed by atoms with Crippen LogP contribution in [0.3, 0.4) is 0 Å². The van der Waals surface area contributed by atoms with Crippen molar-refractivity contribution < 1.29 is 14.6 Å². The Hall–Kier alpha value is -0.650. The summed E-state index contributed by atoms with van der Waals surface area (Å²) in [5.74, 6) is 0.609.